The number of rotatable bonds is 1. The van der Waals surface area contributed by atoms with E-state index in [1.807, 2.05) is 0 Å². The standard InChI is InChI=1S/C15H8BrClFNO2/c16-13-9-6-8(20)2-3-11(9)19-15(14(13)17)7-1-4-12(21)10(18)5-7/h1-6,20-21H. The molecule has 106 valence electrons. The van der Waals surface area contributed by atoms with Crippen LogP contribution in [0.3, 0.4) is 0 Å². The van der Waals surface area contributed by atoms with Crippen molar-refractivity contribution in [1.82, 2.24) is 4.98 Å². The van der Waals surface area contributed by atoms with Gasteiger partial charge in [0.25, 0.3) is 0 Å². The Labute approximate surface area is 132 Å². The first-order valence-electron chi connectivity index (χ1n) is 5.94. The summed E-state index contributed by atoms with van der Waals surface area (Å²) in [5.41, 5.74) is 1.44. The Balaban J connectivity index is 2.30. The zero-order chi connectivity index (χ0) is 15.1. The van der Waals surface area contributed by atoms with Crippen LogP contribution in [0.2, 0.25) is 5.02 Å². The van der Waals surface area contributed by atoms with Gasteiger partial charge in [-0.2, -0.15) is 0 Å². The highest BCUT2D eigenvalue weighted by atomic mass is 79.9. The lowest BCUT2D eigenvalue weighted by Crippen LogP contribution is -1.90. The van der Waals surface area contributed by atoms with Crippen molar-refractivity contribution in [3.63, 3.8) is 0 Å². The van der Waals surface area contributed by atoms with Crippen molar-refractivity contribution >= 4 is 38.4 Å². The number of nitrogens with zero attached hydrogens (tertiary/aromatic N) is 1. The van der Waals surface area contributed by atoms with Gasteiger partial charge in [-0.05, 0) is 52.3 Å². The van der Waals surface area contributed by atoms with Crippen LogP contribution in [0.15, 0.2) is 40.9 Å². The van der Waals surface area contributed by atoms with Crippen molar-refractivity contribution in [2.24, 2.45) is 0 Å². The van der Waals surface area contributed by atoms with Crippen molar-refractivity contribution in [2.75, 3.05) is 0 Å². The van der Waals surface area contributed by atoms with Crippen LogP contribution in [0.25, 0.3) is 22.2 Å². The molecule has 2 aromatic carbocycles. The number of pyridine rings is 1. The van der Waals surface area contributed by atoms with Gasteiger partial charge in [0.15, 0.2) is 11.6 Å². The number of phenols is 2. The molecular formula is C15H8BrClFNO2. The van der Waals surface area contributed by atoms with Crippen LogP contribution in [0.4, 0.5) is 4.39 Å². The molecule has 3 rings (SSSR count). The Bertz CT molecular complexity index is 870. The van der Waals surface area contributed by atoms with E-state index in [0.29, 0.717) is 31.7 Å². The Morgan fingerprint density at radius 2 is 1.86 bits per heavy atom. The third-order valence-electron chi connectivity index (χ3n) is 3.07. The molecular weight excluding hydrogens is 361 g/mol. The fourth-order valence-corrected chi connectivity index (χ4v) is 2.79. The minimum absolute atomic E-state index is 0.101. The molecule has 6 heteroatoms. The Morgan fingerprint density at radius 3 is 2.57 bits per heavy atom. The molecule has 0 bridgehead atoms. The number of halogens is 3. The molecule has 0 spiro atoms. The van der Waals surface area contributed by atoms with Gasteiger partial charge in [-0.1, -0.05) is 11.6 Å². The Kier molecular flexibility index (Phi) is 3.47. The SMILES string of the molecule is Oc1ccc2nc(-c3ccc(O)c(F)c3)c(Cl)c(Br)c2c1. The van der Waals surface area contributed by atoms with E-state index in [0.717, 1.165) is 0 Å². The normalized spacial score (nSPS) is 11.0. The molecule has 1 heterocycles. The largest absolute Gasteiger partial charge is 0.508 e. The van der Waals surface area contributed by atoms with Crippen molar-refractivity contribution in [3.05, 3.63) is 51.7 Å². The monoisotopic (exact) mass is 367 g/mol. The highest BCUT2D eigenvalue weighted by molar-refractivity contribution is 9.10. The van der Waals surface area contributed by atoms with Crippen molar-refractivity contribution < 1.29 is 14.6 Å². The van der Waals surface area contributed by atoms with Gasteiger partial charge >= 0.3 is 0 Å². The molecule has 0 atom stereocenters. The summed E-state index contributed by atoms with van der Waals surface area (Å²) in [6.45, 7) is 0. The van der Waals surface area contributed by atoms with E-state index in [4.69, 9.17) is 11.6 Å². The Morgan fingerprint density at radius 1 is 1.10 bits per heavy atom. The Hall–Kier alpha value is -1.85. The third-order valence-corrected chi connectivity index (χ3v) is 4.49. The minimum atomic E-state index is -0.743. The maximum Gasteiger partial charge on any atom is 0.165 e. The van der Waals surface area contributed by atoms with Crippen LogP contribution in [0, 0.1) is 5.82 Å². The lowest BCUT2D eigenvalue weighted by molar-refractivity contribution is 0.432. The number of phenolic OH excluding ortho intramolecular Hbond substituents is 2. The second-order valence-electron chi connectivity index (χ2n) is 4.46. The molecule has 0 amide bonds. The minimum Gasteiger partial charge on any atom is -0.508 e. The van der Waals surface area contributed by atoms with Crippen molar-refractivity contribution in [3.8, 4) is 22.8 Å². The van der Waals surface area contributed by atoms with Crippen LogP contribution < -0.4 is 0 Å². The molecule has 0 fully saturated rings. The summed E-state index contributed by atoms with van der Waals surface area (Å²) in [5, 5.41) is 19.7. The van der Waals surface area contributed by atoms with Crippen LogP contribution in [-0.2, 0) is 0 Å². The van der Waals surface area contributed by atoms with E-state index in [9.17, 15) is 14.6 Å². The molecule has 0 radical (unpaired) electrons. The molecule has 0 aliphatic heterocycles. The molecule has 21 heavy (non-hydrogen) atoms. The molecule has 0 aliphatic rings. The molecule has 0 unspecified atom stereocenters. The second-order valence-corrected chi connectivity index (χ2v) is 5.63. The highest BCUT2D eigenvalue weighted by Gasteiger charge is 2.15. The summed E-state index contributed by atoms with van der Waals surface area (Å²) in [6.07, 6.45) is 0. The fourth-order valence-electron chi connectivity index (χ4n) is 2.03. The van der Waals surface area contributed by atoms with Crippen LogP contribution in [-0.4, -0.2) is 15.2 Å². The van der Waals surface area contributed by atoms with E-state index in [-0.39, 0.29) is 5.75 Å². The quantitative estimate of drug-likeness (QED) is 0.644. The van der Waals surface area contributed by atoms with E-state index in [1.165, 1.54) is 24.3 Å². The van der Waals surface area contributed by atoms with Crippen molar-refractivity contribution in [1.29, 1.82) is 0 Å². The van der Waals surface area contributed by atoms with Gasteiger partial charge in [-0.15, -0.1) is 0 Å². The van der Waals surface area contributed by atoms with E-state index in [2.05, 4.69) is 20.9 Å². The lowest BCUT2D eigenvalue weighted by atomic mass is 10.1. The molecule has 0 aliphatic carbocycles. The predicted molar refractivity (Wildman–Crippen MR) is 83.2 cm³/mol. The first kappa shape index (κ1) is 14.1. The molecule has 1 aromatic heterocycles. The van der Waals surface area contributed by atoms with Gasteiger partial charge in [0, 0.05) is 15.4 Å². The summed E-state index contributed by atoms with van der Waals surface area (Å²) in [7, 11) is 0. The topological polar surface area (TPSA) is 53.4 Å². The van der Waals surface area contributed by atoms with Crippen LogP contribution in [0.5, 0.6) is 11.5 Å². The molecule has 2 N–H and O–H groups in total. The summed E-state index contributed by atoms with van der Waals surface area (Å²) in [4.78, 5) is 4.40. The maximum atomic E-state index is 13.5. The van der Waals surface area contributed by atoms with Gasteiger partial charge in [0.05, 0.1) is 16.2 Å². The van der Waals surface area contributed by atoms with Crippen LogP contribution >= 0.6 is 27.5 Å². The van der Waals surface area contributed by atoms with E-state index in [1.54, 1.807) is 12.1 Å². The molecule has 0 saturated heterocycles. The number of benzene rings is 2. The van der Waals surface area contributed by atoms with Crippen molar-refractivity contribution in [2.45, 2.75) is 0 Å². The highest BCUT2D eigenvalue weighted by Crippen LogP contribution is 2.39. The zero-order valence-electron chi connectivity index (χ0n) is 10.4. The molecule has 3 nitrogen and oxygen atoms in total. The van der Waals surface area contributed by atoms with Gasteiger partial charge in [-0.3, -0.25) is 0 Å². The van der Waals surface area contributed by atoms with E-state index >= 15 is 0 Å². The smallest absolute Gasteiger partial charge is 0.165 e. The number of hydrogen-bond donors (Lipinski definition) is 2. The fraction of sp³-hybridized carbons (Fsp3) is 0. The number of aromatic nitrogens is 1. The lowest BCUT2D eigenvalue weighted by Gasteiger charge is -2.10. The van der Waals surface area contributed by atoms with Gasteiger partial charge < -0.3 is 10.2 Å². The summed E-state index contributed by atoms with van der Waals surface area (Å²) < 4.78 is 14.1. The van der Waals surface area contributed by atoms with Gasteiger partial charge in [-0.25, -0.2) is 9.37 Å². The maximum absolute atomic E-state index is 13.5. The average molecular weight is 369 g/mol. The second kappa shape index (κ2) is 5.16. The first-order chi connectivity index (χ1) is 9.97. The van der Waals surface area contributed by atoms with Gasteiger partial charge in [0.1, 0.15) is 5.75 Å². The average Bonchev–Trinajstić information content (AvgIpc) is 2.46. The van der Waals surface area contributed by atoms with E-state index < -0.39 is 11.6 Å². The summed E-state index contributed by atoms with van der Waals surface area (Å²) in [5.74, 6) is -1.07. The summed E-state index contributed by atoms with van der Waals surface area (Å²) >= 11 is 9.65. The molecule has 3 aromatic rings. The first-order valence-corrected chi connectivity index (χ1v) is 7.11. The zero-order valence-corrected chi connectivity index (χ0v) is 12.8. The third kappa shape index (κ3) is 2.43. The number of aromatic hydroxyl groups is 2. The van der Waals surface area contributed by atoms with Gasteiger partial charge in [0.2, 0.25) is 0 Å². The predicted octanol–water partition coefficient (Wildman–Crippen LogP) is 4.87. The summed E-state index contributed by atoms with van der Waals surface area (Å²) in [6, 6.07) is 8.65. The number of fused-ring (bicyclic) bond motifs is 1. The molecule has 0 saturated carbocycles. The van der Waals surface area contributed by atoms with Crippen LogP contribution in [0.1, 0.15) is 0 Å². The number of hydrogen-bond acceptors (Lipinski definition) is 3.